The van der Waals surface area contributed by atoms with Crippen LogP contribution in [0.2, 0.25) is 20.1 Å². The molecule has 0 aliphatic heterocycles. The number of anilines is 4. The molecule has 2 heterocycles. The maximum atomic E-state index is 12.3. The van der Waals surface area contributed by atoms with E-state index in [0.29, 0.717) is 94.0 Å². The number of benzene rings is 4. The smallest absolute Gasteiger partial charge is 0.208 e. The first kappa shape index (κ1) is 43.4. The standard InChI is InChI=1S/C22H20Cl2N4O.C21H18Cl2N4O2/c1-6-13-10-15(22(3,4)12(2)29)14(11-25)20-18(13)26-21(28(20)5)27-19-16(23)8-7-9-17(19)24;1-11(29)21(2,3)14-8-12(10-28)17-19(13(14)9-24)27(4)20(25-17)26-18-15(22)6-5-7-16(18)23/h6-10H,1H2,2-5H3,(H,26,27);5-8,10H,1-4H3,(H,25,26). The molecule has 0 aliphatic rings. The van der Waals surface area contributed by atoms with Crippen LogP contribution in [0.3, 0.4) is 0 Å². The van der Waals surface area contributed by atoms with Crippen LogP contribution in [0.1, 0.15) is 79.7 Å². The Bertz CT molecular complexity index is 2560. The number of halogens is 4. The van der Waals surface area contributed by atoms with E-state index >= 15 is 0 Å². The molecule has 6 rings (SSSR count). The van der Waals surface area contributed by atoms with Crippen LogP contribution in [0.5, 0.6) is 0 Å². The topological polar surface area (TPSA) is 158 Å². The average Bonchev–Trinajstić information content (AvgIpc) is 3.68. The number of rotatable bonds is 10. The van der Waals surface area contributed by atoms with Crippen molar-refractivity contribution in [2.45, 2.75) is 52.4 Å². The van der Waals surface area contributed by atoms with Crippen molar-refractivity contribution in [2.24, 2.45) is 14.1 Å². The van der Waals surface area contributed by atoms with Crippen molar-refractivity contribution >= 4 is 116 Å². The van der Waals surface area contributed by atoms with Gasteiger partial charge in [-0.25, -0.2) is 9.97 Å². The Hall–Kier alpha value is -5.69. The van der Waals surface area contributed by atoms with Crippen molar-refractivity contribution in [3.05, 3.63) is 109 Å². The second-order valence-electron chi connectivity index (χ2n) is 14.5. The lowest BCUT2D eigenvalue weighted by molar-refractivity contribution is -0.122. The minimum Gasteiger partial charge on any atom is -0.323 e. The van der Waals surface area contributed by atoms with Crippen molar-refractivity contribution in [3.63, 3.8) is 0 Å². The van der Waals surface area contributed by atoms with Gasteiger partial charge in [0.1, 0.15) is 29.2 Å². The summed E-state index contributed by atoms with van der Waals surface area (Å²) < 4.78 is 3.42. The minimum absolute atomic E-state index is 0.0354. The van der Waals surface area contributed by atoms with Crippen LogP contribution < -0.4 is 10.6 Å². The van der Waals surface area contributed by atoms with Gasteiger partial charge < -0.3 is 19.8 Å². The number of nitriles is 2. The Morgan fingerprint density at radius 3 is 1.36 bits per heavy atom. The Labute approximate surface area is 355 Å². The van der Waals surface area contributed by atoms with E-state index in [9.17, 15) is 24.9 Å². The van der Waals surface area contributed by atoms with Crippen LogP contribution in [0.15, 0.2) is 55.1 Å². The Balaban J connectivity index is 0.000000221. The lowest BCUT2D eigenvalue weighted by Crippen LogP contribution is -2.28. The van der Waals surface area contributed by atoms with Gasteiger partial charge in [0.2, 0.25) is 11.9 Å². The maximum Gasteiger partial charge on any atom is 0.208 e. The molecule has 0 fully saturated rings. The fourth-order valence-corrected chi connectivity index (χ4v) is 7.32. The first-order valence-corrected chi connectivity index (χ1v) is 19.2. The van der Waals surface area contributed by atoms with Crippen LogP contribution >= 0.6 is 46.4 Å². The summed E-state index contributed by atoms with van der Waals surface area (Å²) >= 11 is 25.0. The fourth-order valence-electron chi connectivity index (χ4n) is 6.34. The second-order valence-corrected chi connectivity index (χ2v) is 16.1. The molecule has 0 spiro atoms. The van der Waals surface area contributed by atoms with Gasteiger partial charge in [0.25, 0.3) is 0 Å². The number of hydrogen-bond acceptors (Lipinski definition) is 9. The average molecular weight is 857 g/mol. The van der Waals surface area contributed by atoms with Gasteiger partial charge in [-0.05, 0) is 89.1 Å². The number of carbonyl (C=O) groups is 3. The molecule has 0 aliphatic carbocycles. The molecule has 296 valence electrons. The van der Waals surface area contributed by atoms with E-state index in [-0.39, 0.29) is 17.1 Å². The van der Waals surface area contributed by atoms with Gasteiger partial charge in [-0.3, -0.25) is 14.4 Å². The normalized spacial score (nSPS) is 11.3. The predicted octanol–water partition coefficient (Wildman–Crippen LogP) is 11.2. The first-order chi connectivity index (χ1) is 27.3. The minimum atomic E-state index is -0.944. The summed E-state index contributed by atoms with van der Waals surface area (Å²) in [5, 5.41) is 27.8. The number of aldehydes is 1. The highest BCUT2D eigenvalue weighted by Crippen LogP contribution is 2.40. The molecule has 0 atom stereocenters. The van der Waals surface area contributed by atoms with E-state index in [1.807, 2.05) is 19.9 Å². The van der Waals surface area contributed by atoms with Crippen LogP contribution in [0, 0.1) is 22.7 Å². The number of nitrogens with zero attached hydrogens (tertiary/aromatic N) is 6. The monoisotopic (exact) mass is 854 g/mol. The summed E-state index contributed by atoms with van der Waals surface area (Å²) in [7, 11) is 3.50. The van der Waals surface area contributed by atoms with Gasteiger partial charge in [-0.1, -0.05) is 71.2 Å². The summed E-state index contributed by atoms with van der Waals surface area (Å²) in [6.07, 6.45) is 2.34. The van der Waals surface area contributed by atoms with Gasteiger partial charge in [-0.2, -0.15) is 10.5 Å². The fraction of sp³-hybridized carbons (Fsp3) is 0.233. The molecular formula is C43H38Cl4N8O3. The molecule has 0 saturated heterocycles. The summed E-state index contributed by atoms with van der Waals surface area (Å²) in [6, 6.07) is 18.1. The van der Waals surface area contributed by atoms with E-state index in [0.717, 1.165) is 5.56 Å². The van der Waals surface area contributed by atoms with Crippen molar-refractivity contribution in [1.82, 2.24) is 19.1 Å². The summed E-state index contributed by atoms with van der Waals surface area (Å²) in [5.41, 5.74) is 4.07. The molecule has 0 saturated carbocycles. The highest BCUT2D eigenvalue weighted by Gasteiger charge is 2.34. The summed E-state index contributed by atoms with van der Waals surface area (Å²) in [4.78, 5) is 45.4. The molecule has 0 amide bonds. The highest BCUT2D eigenvalue weighted by atomic mass is 35.5. The highest BCUT2D eigenvalue weighted by molar-refractivity contribution is 6.40. The second kappa shape index (κ2) is 16.7. The van der Waals surface area contributed by atoms with E-state index in [2.05, 4.69) is 39.3 Å². The van der Waals surface area contributed by atoms with Crippen LogP contribution in [0.25, 0.3) is 28.1 Å². The van der Waals surface area contributed by atoms with E-state index in [1.165, 1.54) is 13.8 Å². The Morgan fingerprint density at radius 2 is 1.05 bits per heavy atom. The first-order valence-electron chi connectivity index (χ1n) is 17.7. The third-order valence-corrected chi connectivity index (χ3v) is 11.7. The van der Waals surface area contributed by atoms with Gasteiger partial charge in [0, 0.05) is 36.1 Å². The van der Waals surface area contributed by atoms with Crippen molar-refractivity contribution < 1.29 is 14.4 Å². The molecule has 2 aromatic heterocycles. The predicted molar refractivity (Wildman–Crippen MR) is 233 cm³/mol. The Kier molecular flexibility index (Phi) is 12.5. The van der Waals surface area contributed by atoms with E-state index in [4.69, 9.17) is 46.4 Å². The van der Waals surface area contributed by atoms with Gasteiger partial charge >= 0.3 is 0 Å². The van der Waals surface area contributed by atoms with Crippen LogP contribution in [-0.4, -0.2) is 37.0 Å². The number of nitrogens with one attached hydrogen (secondary N) is 2. The molecular weight excluding hydrogens is 818 g/mol. The number of fused-ring (bicyclic) bond motifs is 2. The largest absolute Gasteiger partial charge is 0.323 e. The quantitative estimate of drug-likeness (QED) is 0.128. The number of ketones is 2. The molecule has 0 unspecified atom stereocenters. The number of imidazole rings is 2. The third kappa shape index (κ3) is 7.67. The van der Waals surface area contributed by atoms with Crippen LogP contribution in [0.4, 0.5) is 23.3 Å². The summed E-state index contributed by atoms with van der Waals surface area (Å²) in [5.74, 6) is 0.667. The molecule has 0 bridgehead atoms. The number of carbonyl (C=O) groups excluding carboxylic acids is 3. The molecule has 15 heteroatoms. The lowest BCUT2D eigenvalue weighted by atomic mass is 9.77. The molecule has 11 nitrogen and oxygen atoms in total. The molecule has 6 aromatic rings. The van der Waals surface area contributed by atoms with Gasteiger partial charge in [0.15, 0.2) is 6.29 Å². The van der Waals surface area contributed by atoms with Crippen molar-refractivity contribution in [1.29, 1.82) is 10.5 Å². The molecule has 0 radical (unpaired) electrons. The zero-order chi connectivity index (χ0) is 43.0. The molecule has 4 aromatic carbocycles. The number of Topliss-reactive ketones (excluding diaryl/α,β-unsaturated/α-hetero) is 2. The molecule has 2 N–H and O–H groups in total. The summed E-state index contributed by atoms with van der Waals surface area (Å²) in [6.45, 7) is 13.9. The Morgan fingerprint density at radius 1 is 0.707 bits per heavy atom. The zero-order valence-electron chi connectivity index (χ0n) is 32.9. The number of hydrogen-bond donors (Lipinski definition) is 2. The number of aromatic nitrogens is 4. The van der Waals surface area contributed by atoms with Gasteiger partial charge in [0.05, 0.1) is 59.1 Å². The SMILES string of the molecule is C=Cc1cc(C(C)(C)C(C)=O)c(C#N)c2c1nc(Nc1c(Cl)cccc1Cl)n2C.CC(=O)C(C)(C)c1cc(C=O)c2nc(Nc3c(Cl)cccc3Cl)n(C)c2c1C#N. The number of aryl methyl sites for hydroxylation is 2. The van der Waals surface area contributed by atoms with Crippen molar-refractivity contribution in [3.8, 4) is 12.1 Å². The number of para-hydroxylation sites is 2. The lowest BCUT2D eigenvalue weighted by Gasteiger charge is -2.24. The van der Waals surface area contributed by atoms with Crippen molar-refractivity contribution in [2.75, 3.05) is 10.6 Å². The van der Waals surface area contributed by atoms with E-state index < -0.39 is 10.8 Å². The van der Waals surface area contributed by atoms with Crippen LogP contribution in [-0.2, 0) is 34.5 Å². The third-order valence-electron chi connectivity index (χ3n) is 10.4. The van der Waals surface area contributed by atoms with E-state index in [1.54, 1.807) is 85.6 Å². The maximum absolute atomic E-state index is 12.3. The molecule has 58 heavy (non-hydrogen) atoms. The van der Waals surface area contributed by atoms with Gasteiger partial charge in [-0.15, -0.1) is 0 Å². The zero-order valence-corrected chi connectivity index (χ0v) is 35.9.